The van der Waals surface area contributed by atoms with Crippen molar-refractivity contribution in [1.82, 2.24) is 15.6 Å². The highest BCUT2D eigenvalue weighted by molar-refractivity contribution is 5.96. The molecule has 0 aliphatic carbocycles. The molecule has 0 spiro atoms. The van der Waals surface area contributed by atoms with Crippen LogP contribution in [0.15, 0.2) is 41.0 Å². The van der Waals surface area contributed by atoms with Gasteiger partial charge in [0.25, 0.3) is 5.91 Å². The number of nitrogens with zero attached hydrogens (tertiary/aromatic N) is 2. The molecule has 162 valence electrons. The van der Waals surface area contributed by atoms with Gasteiger partial charge in [0.15, 0.2) is 0 Å². The number of rotatable bonds is 5. The lowest BCUT2D eigenvalue weighted by atomic mass is 9.78. The molecule has 2 N–H and O–H groups in total. The third-order valence-electron chi connectivity index (χ3n) is 5.77. The number of aryl methyl sites for hydroxylation is 1. The fourth-order valence-corrected chi connectivity index (χ4v) is 4.29. The number of carbonyl (C=O) groups is 2. The summed E-state index contributed by atoms with van der Waals surface area (Å²) in [5.41, 5.74) is 3.52. The Hall–Kier alpha value is -2.63. The molecule has 2 heterocycles. The smallest absolute Gasteiger partial charge is 0.251 e. The average Bonchev–Trinajstić information content (AvgIpc) is 3.01. The van der Waals surface area contributed by atoms with E-state index in [1.165, 1.54) is 0 Å². The van der Waals surface area contributed by atoms with Crippen molar-refractivity contribution in [3.8, 4) is 0 Å². The maximum absolute atomic E-state index is 13.1. The van der Waals surface area contributed by atoms with E-state index in [4.69, 9.17) is 5.10 Å². The molecule has 0 saturated carbocycles. The Morgan fingerprint density at radius 3 is 2.67 bits per heavy atom. The molecular formula is C24H34N4O2. The number of benzene rings is 1. The van der Waals surface area contributed by atoms with Crippen LogP contribution in [-0.4, -0.2) is 40.8 Å². The minimum atomic E-state index is -0.392. The Labute approximate surface area is 179 Å². The van der Waals surface area contributed by atoms with Gasteiger partial charge in [-0.25, -0.2) is 0 Å². The van der Waals surface area contributed by atoms with Crippen molar-refractivity contribution < 1.29 is 9.59 Å². The third kappa shape index (κ3) is 4.42. The fraction of sp³-hybridized carbons (Fsp3) is 0.542. The van der Waals surface area contributed by atoms with Gasteiger partial charge >= 0.3 is 0 Å². The van der Waals surface area contributed by atoms with E-state index in [0.717, 1.165) is 29.7 Å². The maximum Gasteiger partial charge on any atom is 0.251 e. The van der Waals surface area contributed by atoms with Crippen molar-refractivity contribution in [2.24, 2.45) is 16.9 Å². The van der Waals surface area contributed by atoms with Crippen LogP contribution in [0.25, 0.3) is 0 Å². The number of allylic oxidation sites excluding steroid dienone is 1. The molecule has 0 radical (unpaired) electrons. The summed E-state index contributed by atoms with van der Waals surface area (Å²) in [4.78, 5) is 25.8. The van der Waals surface area contributed by atoms with E-state index in [9.17, 15) is 9.59 Å². The van der Waals surface area contributed by atoms with Crippen molar-refractivity contribution in [1.29, 1.82) is 0 Å². The molecule has 3 atom stereocenters. The van der Waals surface area contributed by atoms with Gasteiger partial charge in [-0.1, -0.05) is 37.1 Å². The second-order valence-electron chi connectivity index (χ2n) is 9.31. The van der Waals surface area contributed by atoms with Crippen LogP contribution in [-0.2, 0) is 4.79 Å². The Morgan fingerprint density at radius 2 is 2.03 bits per heavy atom. The van der Waals surface area contributed by atoms with Crippen molar-refractivity contribution in [2.75, 3.05) is 6.54 Å². The van der Waals surface area contributed by atoms with Crippen molar-refractivity contribution >= 4 is 17.5 Å². The molecule has 2 aliphatic heterocycles. The molecule has 0 bridgehead atoms. The summed E-state index contributed by atoms with van der Waals surface area (Å²) in [5.74, 6) is -0.565. The van der Waals surface area contributed by atoms with Crippen molar-refractivity contribution in [2.45, 2.75) is 66.1 Å². The number of carbonyl (C=O) groups excluding carboxylic acids is 2. The number of hydrogen-bond acceptors (Lipinski definition) is 4. The fourth-order valence-electron chi connectivity index (χ4n) is 4.29. The molecule has 1 aromatic carbocycles. The topological polar surface area (TPSA) is 73.8 Å². The summed E-state index contributed by atoms with van der Waals surface area (Å²) in [6.45, 7) is 12.7. The van der Waals surface area contributed by atoms with E-state index < -0.39 is 5.92 Å². The Balaban J connectivity index is 1.83. The quantitative estimate of drug-likeness (QED) is 0.728. The molecular weight excluding hydrogens is 376 g/mol. The maximum atomic E-state index is 13.1. The van der Waals surface area contributed by atoms with Crippen LogP contribution in [0, 0.1) is 18.8 Å². The average molecular weight is 411 g/mol. The molecule has 1 fully saturated rings. The van der Waals surface area contributed by atoms with Gasteiger partial charge in [0, 0.05) is 17.8 Å². The van der Waals surface area contributed by atoms with Gasteiger partial charge in [0.1, 0.15) is 6.17 Å². The highest BCUT2D eigenvalue weighted by Gasteiger charge is 2.49. The lowest BCUT2D eigenvalue weighted by Crippen LogP contribution is -2.60. The monoisotopic (exact) mass is 410 g/mol. The zero-order valence-electron chi connectivity index (χ0n) is 19.0. The minimum absolute atomic E-state index is 0.0364. The van der Waals surface area contributed by atoms with Gasteiger partial charge in [-0.15, -0.1) is 0 Å². The Morgan fingerprint density at radius 1 is 1.30 bits per heavy atom. The lowest BCUT2D eigenvalue weighted by molar-refractivity contribution is -0.128. The summed E-state index contributed by atoms with van der Waals surface area (Å²) in [6.07, 6.45) is 3.91. The first kappa shape index (κ1) is 22.1. The number of fused-ring (bicyclic) bond motifs is 1. The Bertz CT molecular complexity index is 881. The molecule has 6 nitrogen and oxygen atoms in total. The van der Waals surface area contributed by atoms with E-state index >= 15 is 0 Å². The molecule has 1 aromatic rings. The Kier molecular flexibility index (Phi) is 6.34. The van der Waals surface area contributed by atoms with Gasteiger partial charge < -0.3 is 10.6 Å². The summed E-state index contributed by atoms with van der Waals surface area (Å²) < 4.78 is 0. The van der Waals surface area contributed by atoms with Gasteiger partial charge in [-0.3, -0.25) is 14.6 Å². The van der Waals surface area contributed by atoms with E-state index in [2.05, 4.69) is 44.4 Å². The van der Waals surface area contributed by atoms with Crippen LogP contribution in [0.2, 0.25) is 0 Å². The van der Waals surface area contributed by atoms with Crippen LogP contribution in [0.1, 0.15) is 63.4 Å². The van der Waals surface area contributed by atoms with Gasteiger partial charge in [0.05, 0.1) is 17.4 Å². The first-order valence-electron chi connectivity index (χ1n) is 10.8. The van der Waals surface area contributed by atoms with Crippen LogP contribution in [0.4, 0.5) is 0 Å². The molecule has 6 heteroatoms. The zero-order chi connectivity index (χ0) is 22.1. The second-order valence-corrected chi connectivity index (χ2v) is 9.31. The summed E-state index contributed by atoms with van der Waals surface area (Å²) in [5, 5.41) is 12.9. The van der Waals surface area contributed by atoms with Crippen LogP contribution in [0.3, 0.4) is 0 Å². The van der Waals surface area contributed by atoms with Gasteiger partial charge in [0.2, 0.25) is 5.91 Å². The van der Waals surface area contributed by atoms with Crippen LogP contribution >= 0.6 is 0 Å². The predicted molar refractivity (Wildman–Crippen MR) is 120 cm³/mol. The summed E-state index contributed by atoms with van der Waals surface area (Å²) in [7, 11) is 0. The van der Waals surface area contributed by atoms with Crippen molar-refractivity contribution in [3.63, 3.8) is 0 Å². The third-order valence-corrected chi connectivity index (χ3v) is 5.77. The van der Waals surface area contributed by atoms with E-state index in [1.54, 1.807) is 6.07 Å². The first-order chi connectivity index (χ1) is 14.1. The van der Waals surface area contributed by atoms with E-state index in [1.807, 2.05) is 37.1 Å². The van der Waals surface area contributed by atoms with Crippen molar-refractivity contribution in [3.05, 3.63) is 47.0 Å². The highest BCUT2D eigenvalue weighted by Crippen LogP contribution is 2.38. The summed E-state index contributed by atoms with van der Waals surface area (Å²) >= 11 is 0. The van der Waals surface area contributed by atoms with Crippen LogP contribution in [0.5, 0.6) is 0 Å². The second kappa shape index (κ2) is 8.62. The largest absolute Gasteiger partial charge is 0.351 e. The molecule has 30 heavy (non-hydrogen) atoms. The normalized spacial score (nSPS) is 25.1. The number of unbranched alkanes of at least 4 members (excludes halogenated alkanes) is 1. The SMILES string of the molecule is CCC/C=C1/C2C(C)=NN(C(C)(C)C)[C@@H]2NC(=O)[C@H]1CNC(=O)c1cccc(C)c1. The number of hydrazone groups is 1. The van der Waals surface area contributed by atoms with Gasteiger partial charge in [-0.2, -0.15) is 5.10 Å². The number of nitrogens with one attached hydrogen (secondary N) is 2. The number of hydrogen-bond donors (Lipinski definition) is 2. The molecule has 0 aromatic heterocycles. The van der Waals surface area contributed by atoms with Crippen LogP contribution < -0.4 is 10.6 Å². The molecule has 1 unspecified atom stereocenters. The first-order valence-corrected chi connectivity index (χ1v) is 10.8. The molecule has 2 aliphatic rings. The standard InChI is InChI=1S/C24H34N4O2/c1-7-8-12-18-19(14-25-22(29)17-11-9-10-15(2)13-17)23(30)26-21-20(18)16(3)27-28(21)24(4,5)6/h9-13,19-21H,7-8,14H2,1-6H3,(H,25,29)(H,26,30)/b18-12+/t19-,20?,21-/m0/s1. The number of piperidine rings is 1. The van der Waals surface area contributed by atoms with E-state index in [-0.39, 0.29) is 36.0 Å². The summed E-state index contributed by atoms with van der Waals surface area (Å²) in [6, 6.07) is 7.48. The van der Waals surface area contributed by atoms with Gasteiger partial charge in [-0.05, 0) is 58.7 Å². The highest BCUT2D eigenvalue weighted by atomic mass is 16.2. The number of amides is 2. The lowest BCUT2D eigenvalue weighted by Gasteiger charge is -2.42. The zero-order valence-corrected chi connectivity index (χ0v) is 19.0. The van der Waals surface area contributed by atoms with E-state index in [0.29, 0.717) is 5.56 Å². The molecule has 2 amide bonds. The molecule has 3 rings (SSSR count). The minimum Gasteiger partial charge on any atom is -0.351 e. The predicted octanol–water partition coefficient (Wildman–Crippen LogP) is 3.63. The molecule has 1 saturated heterocycles.